The number of rotatable bonds is 4. The number of Topliss-reactive ketones (excluding diaryl/α,β-unsaturated/α-hetero) is 1. The average molecular weight is 414 g/mol. The molecule has 1 unspecified atom stereocenters. The number of benzene rings is 2. The summed E-state index contributed by atoms with van der Waals surface area (Å²) < 4.78 is 5.50. The van der Waals surface area contributed by atoms with Crippen LogP contribution in [0, 0.1) is 11.3 Å². The third kappa shape index (κ3) is 3.53. The third-order valence-corrected chi connectivity index (χ3v) is 5.61. The van der Waals surface area contributed by atoms with Gasteiger partial charge in [-0.25, -0.2) is 5.01 Å². The van der Waals surface area contributed by atoms with Gasteiger partial charge in [0.25, 0.3) is 5.91 Å². The van der Waals surface area contributed by atoms with Crippen LogP contribution >= 0.6 is 0 Å². The van der Waals surface area contributed by atoms with Gasteiger partial charge in [-0.15, -0.1) is 0 Å². The summed E-state index contributed by atoms with van der Waals surface area (Å²) in [4.78, 5) is 25.9. The maximum absolute atomic E-state index is 13.1. The van der Waals surface area contributed by atoms with Crippen LogP contribution in [0.4, 0.5) is 0 Å². The summed E-state index contributed by atoms with van der Waals surface area (Å²) >= 11 is 0. The Labute approximate surface area is 180 Å². The number of para-hydroxylation sites is 1. The zero-order valence-corrected chi connectivity index (χ0v) is 17.1. The zero-order valence-electron chi connectivity index (χ0n) is 17.1. The summed E-state index contributed by atoms with van der Waals surface area (Å²) in [6.45, 7) is 0. The Hall–Kier alpha value is -4.05. The van der Waals surface area contributed by atoms with Crippen LogP contribution in [0.25, 0.3) is 0 Å². The van der Waals surface area contributed by atoms with E-state index >= 15 is 0 Å². The quantitative estimate of drug-likeness (QED) is 0.796. The fraction of sp³-hybridized carbons (Fsp3) is 0.208. The van der Waals surface area contributed by atoms with E-state index in [1.165, 1.54) is 5.01 Å². The Bertz CT molecular complexity index is 1140. The molecule has 0 fully saturated rings. The highest BCUT2D eigenvalue weighted by atomic mass is 16.5. The molecule has 2 aliphatic rings. The van der Waals surface area contributed by atoms with Crippen LogP contribution in [0.5, 0.6) is 5.75 Å². The van der Waals surface area contributed by atoms with Gasteiger partial charge in [-0.3, -0.25) is 15.0 Å². The van der Waals surface area contributed by atoms with Crippen LogP contribution in [0.15, 0.2) is 77.3 Å². The first-order valence-electron chi connectivity index (χ1n) is 10.0. The lowest BCUT2D eigenvalue weighted by Gasteiger charge is -2.39. The summed E-state index contributed by atoms with van der Waals surface area (Å²) in [5, 5.41) is 11.4. The van der Waals surface area contributed by atoms with Crippen molar-refractivity contribution in [2.75, 3.05) is 7.11 Å². The number of hydrogen-bond donors (Lipinski definition) is 2. The van der Waals surface area contributed by atoms with Gasteiger partial charge in [-0.05, 0) is 31.0 Å². The van der Waals surface area contributed by atoms with Gasteiger partial charge in [0, 0.05) is 28.8 Å². The lowest BCUT2D eigenvalue weighted by atomic mass is 9.76. The van der Waals surface area contributed by atoms with Crippen molar-refractivity contribution in [3.63, 3.8) is 0 Å². The Balaban J connectivity index is 1.85. The summed E-state index contributed by atoms with van der Waals surface area (Å²) in [6.07, 6.45) is 1.58. The molecule has 1 amide bonds. The lowest BCUT2D eigenvalue weighted by molar-refractivity contribution is -0.116. The minimum absolute atomic E-state index is 0.0589. The second kappa shape index (κ2) is 8.36. The monoisotopic (exact) mass is 414 g/mol. The summed E-state index contributed by atoms with van der Waals surface area (Å²) in [5.41, 5.74) is 11.6. The van der Waals surface area contributed by atoms with Crippen molar-refractivity contribution in [1.29, 1.82) is 5.26 Å². The maximum atomic E-state index is 13.1. The molecule has 1 aliphatic carbocycles. The summed E-state index contributed by atoms with van der Waals surface area (Å²) in [6, 6.07) is 18.2. The van der Waals surface area contributed by atoms with E-state index in [1.54, 1.807) is 37.4 Å². The number of carbonyl (C=O) groups excluding carboxylic acids is 2. The first-order valence-corrected chi connectivity index (χ1v) is 10.0. The molecule has 0 bridgehead atoms. The van der Waals surface area contributed by atoms with E-state index in [2.05, 4.69) is 11.5 Å². The Kier molecular flexibility index (Phi) is 5.46. The molecule has 7 nitrogen and oxygen atoms in total. The van der Waals surface area contributed by atoms with Gasteiger partial charge in [0.2, 0.25) is 0 Å². The van der Waals surface area contributed by atoms with Crippen LogP contribution in [0.3, 0.4) is 0 Å². The van der Waals surface area contributed by atoms with Crippen molar-refractivity contribution in [2.24, 2.45) is 5.73 Å². The van der Waals surface area contributed by atoms with Crippen LogP contribution in [0.1, 0.15) is 41.1 Å². The summed E-state index contributed by atoms with van der Waals surface area (Å²) in [5.74, 6) is -0.400. The predicted molar refractivity (Wildman–Crippen MR) is 114 cm³/mol. The first kappa shape index (κ1) is 20.2. The molecular formula is C24H22N4O3. The predicted octanol–water partition coefficient (Wildman–Crippen LogP) is 3.14. The molecule has 4 rings (SSSR count). The lowest BCUT2D eigenvalue weighted by Crippen LogP contribution is -2.48. The van der Waals surface area contributed by atoms with Crippen molar-refractivity contribution < 1.29 is 14.3 Å². The number of carbonyl (C=O) groups is 2. The molecule has 1 heterocycles. The number of methoxy groups -OCH3 is 1. The largest absolute Gasteiger partial charge is 0.496 e. The standard InChI is InChI=1S/C24H22N4O3/c1-31-20-13-6-5-10-16(20)21-17(14-25)23(26)28(18-11-7-12-19(29)22(18)21)27-24(30)15-8-3-2-4-9-15/h2-6,8-10,13,21H,7,11-12,26H2,1H3,(H,27,30). The fourth-order valence-corrected chi connectivity index (χ4v) is 4.19. The van der Waals surface area contributed by atoms with Gasteiger partial charge in [0.05, 0.1) is 24.7 Å². The normalized spacial score (nSPS) is 18.4. The van der Waals surface area contributed by atoms with Gasteiger partial charge in [-0.2, -0.15) is 5.26 Å². The van der Waals surface area contributed by atoms with Crippen molar-refractivity contribution in [2.45, 2.75) is 25.2 Å². The van der Waals surface area contributed by atoms with Crippen molar-refractivity contribution in [1.82, 2.24) is 10.4 Å². The number of amides is 1. The molecule has 0 saturated carbocycles. The molecule has 31 heavy (non-hydrogen) atoms. The van der Waals surface area contributed by atoms with E-state index < -0.39 is 5.92 Å². The highest BCUT2D eigenvalue weighted by Gasteiger charge is 2.41. The highest BCUT2D eigenvalue weighted by Crippen LogP contribution is 2.46. The number of nitriles is 1. The fourth-order valence-electron chi connectivity index (χ4n) is 4.19. The molecule has 1 aliphatic heterocycles. The summed E-state index contributed by atoms with van der Waals surface area (Å²) in [7, 11) is 1.55. The highest BCUT2D eigenvalue weighted by molar-refractivity contribution is 6.00. The van der Waals surface area contributed by atoms with E-state index in [9.17, 15) is 14.9 Å². The maximum Gasteiger partial charge on any atom is 0.270 e. The molecule has 0 radical (unpaired) electrons. The molecule has 156 valence electrons. The Morgan fingerprint density at radius 1 is 1.16 bits per heavy atom. The second-order valence-corrected chi connectivity index (χ2v) is 7.37. The molecule has 2 aromatic rings. The zero-order chi connectivity index (χ0) is 22.0. The van der Waals surface area contributed by atoms with Gasteiger partial charge >= 0.3 is 0 Å². The number of ketones is 1. The van der Waals surface area contributed by atoms with Crippen LogP contribution in [-0.4, -0.2) is 23.8 Å². The number of nitrogens with zero attached hydrogens (tertiary/aromatic N) is 2. The van der Waals surface area contributed by atoms with E-state index in [0.29, 0.717) is 47.4 Å². The SMILES string of the molecule is COc1ccccc1C1C(C#N)=C(N)N(NC(=O)c2ccccc2)C2=C1C(=O)CCC2. The smallest absolute Gasteiger partial charge is 0.270 e. The molecule has 0 saturated heterocycles. The van der Waals surface area contributed by atoms with Gasteiger partial charge in [0.15, 0.2) is 5.78 Å². The van der Waals surface area contributed by atoms with E-state index in [0.717, 1.165) is 0 Å². The number of hydrogen-bond acceptors (Lipinski definition) is 6. The van der Waals surface area contributed by atoms with Crippen molar-refractivity contribution >= 4 is 11.7 Å². The van der Waals surface area contributed by atoms with Crippen LogP contribution in [0.2, 0.25) is 0 Å². The minimum Gasteiger partial charge on any atom is -0.496 e. The molecule has 0 spiro atoms. The van der Waals surface area contributed by atoms with Crippen LogP contribution < -0.4 is 15.9 Å². The topological polar surface area (TPSA) is 108 Å². The Morgan fingerprint density at radius 2 is 1.87 bits per heavy atom. The number of ether oxygens (including phenoxy) is 1. The van der Waals surface area contributed by atoms with E-state index in [1.807, 2.05) is 24.3 Å². The van der Waals surface area contributed by atoms with E-state index in [-0.39, 0.29) is 23.1 Å². The van der Waals surface area contributed by atoms with Gasteiger partial charge in [0.1, 0.15) is 11.6 Å². The second-order valence-electron chi connectivity index (χ2n) is 7.37. The molecular weight excluding hydrogens is 392 g/mol. The molecule has 1 atom stereocenters. The first-order chi connectivity index (χ1) is 15.1. The van der Waals surface area contributed by atoms with Gasteiger partial charge in [-0.1, -0.05) is 36.4 Å². The van der Waals surface area contributed by atoms with Crippen molar-refractivity contribution in [3.05, 3.63) is 88.4 Å². The number of nitrogens with one attached hydrogen (secondary N) is 1. The molecule has 7 heteroatoms. The molecule has 2 aromatic carbocycles. The van der Waals surface area contributed by atoms with Crippen LogP contribution in [-0.2, 0) is 4.79 Å². The Morgan fingerprint density at radius 3 is 2.58 bits per heavy atom. The third-order valence-electron chi connectivity index (χ3n) is 5.61. The van der Waals surface area contributed by atoms with E-state index in [4.69, 9.17) is 10.5 Å². The van der Waals surface area contributed by atoms with Gasteiger partial charge < -0.3 is 10.5 Å². The average Bonchev–Trinajstić information content (AvgIpc) is 2.81. The molecule has 3 N–H and O–H groups in total. The molecule has 0 aromatic heterocycles. The minimum atomic E-state index is -0.645. The number of hydrazine groups is 1. The van der Waals surface area contributed by atoms with Crippen molar-refractivity contribution in [3.8, 4) is 11.8 Å². The number of nitrogens with two attached hydrogens (primary N) is 1. The number of allylic oxidation sites excluding steroid dienone is 3.